The number of hydrogen-bond acceptors (Lipinski definition) is 2. The number of amides is 1. The van der Waals surface area contributed by atoms with Gasteiger partial charge in [0.25, 0.3) is 0 Å². The molecule has 1 amide bonds. The first kappa shape index (κ1) is 12.9. The van der Waals surface area contributed by atoms with Gasteiger partial charge >= 0.3 is 0 Å². The Morgan fingerprint density at radius 3 is 2.44 bits per heavy atom. The number of carbonyl (C=O) groups excluding carboxylic acids is 1. The molecule has 2 rings (SSSR count). The summed E-state index contributed by atoms with van der Waals surface area (Å²) < 4.78 is 0. The number of nitrogens with zero attached hydrogens (tertiary/aromatic N) is 1. The monoisotopic (exact) mass is 246 g/mol. The Morgan fingerprint density at radius 1 is 1.33 bits per heavy atom. The molecule has 2 N–H and O–H groups in total. The Labute approximate surface area is 109 Å². The minimum atomic E-state index is 0.244. The molecule has 0 unspecified atom stereocenters. The van der Waals surface area contributed by atoms with Crippen molar-refractivity contribution in [1.82, 2.24) is 4.90 Å². The van der Waals surface area contributed by atoms with E-state index in [0.717, 1.165) is 11.3 Å². The van der Waals surface area contributed by atoms with Gasteiger partial charge < -0.3 is 10.6 Å². The van der Waals surface area contributed by atoms with Crippen LogP contribution in [0, 0.1) is 5.92 Å². The van der Waals surface area contributed by atoms with Crippen molar-refractivity contribution >= 4 is 11.6 Å². The Bertz CT molecular complexity index is 407. The van der Waals surface area contributed by atoms with Gasteiger partial charge in [0.05, 0.1) is 0 Å². The lowest BCUT2D eigenvalue weighted by atomic mass is 10.1. The van der Waals surface area contributed by atoms with E-state index in [-0.39, 0.29) is 11.9 Å². The first-order valence-corrected chi connectivity index (χ1v) is 6.70. The van der Waals surface area contributed by atoms with Gasteiger partial charge in [0.1, 0.15) is 0 Å². The highest BCUT2D eigenvalue weighted by atomic mass is 16.2. The number of benzene rings is 1. The van der Waals surface area contributed by atoms with Crippen LogP contribution in [-0.2, 0) is 11.3 Å². The molecule has 1 saturated carbocycles. The molecule has 0 aromatic heterocycles. The number of nitrogens with two attached hydrogens (primary N) is 1. The highest BCUT2D eigenvalue weighted by molar-refractivity contribution is 5.77. The van der Waals surface area contributed by atoms with E-state index < -0.39 is 0 Å². The minimum Gasteiger partial charge on any atom is -0.399 e. The van der Waals surface area contributed by atoms with Crippen LogP contribution in [0.3, 0.4) is 0 Å². The number of nitrogen functional groups attached to an aromatic ring is 1. The Kier molecular flexibility index (Phi) is 3.90. The largest absolute Gasteiger partial charge is 0.399 e. The first-order chi connectivity index (χ1) is 8.56. The zero-order valence-corrected chi connectivity index (χ0v) is 11.2. The molecule has 3 nitrogen and oxygen atoms in total. The van der Waals surface area contributed by atoms with Crippen LogP contribution in [0.5, 0.6) is 0 Å². The average molecular weight is 246 g/mol. The van der Waals surface area contributed by atoms with E-state index in [2.05, 4.69) is 13.8 Å². The number of carbonyl (C=O) groups is 1. The summed E-state index contributed by atoms with van der Waals surface area (Å²) in [4.78, 5) is 14.2. The van der Waals surface area contributed by atoms with Crippen LogP contribution in [-0.4, -0.2) is 16.8 Å². The molecular weight excluding hydrogens is 224 g/mol. The minimum absolute atomic E-state index is 0.244. The predicted molar refractivity (Wildman–Crippen MR) is 73.9 cm³/mol. The molecule has 18 heavy (non-hydrogen) atoms. The van der Waals surface area contributed by atoms with Gasteiger partial charge in [-0.05, 0) is 50.3 Å². The standard InChI is InChI=1S/C15H22N2O/c1-11(2)17(15(18)9-12-3-4-12)10-13-5-7-14(16)8-6-13/h5-8,11-12H,3-4,9-10,16H2,1-2H3. The molecule has 1 aliphatic rings. The van der Waals surface area contributed by atoms with Gasteiger partial charge in [-0.1, -0.05) is 12.1 Å². The van der Waals surface area contributed by atoms with Gasteiger partial charge in [-0.2, -0.15) is 0 Å². The molecule has 0 bridgehead atoms. The van der Waals surface area contributed by atoms with Crippen molar-refractivity contribution in [3.8, 4) is 0 Å². The molecule has 0 atom stereocenters. The maximum Gasteiger partial charge on any atom is 0.223 e. The first-order valence-electron chi connectivity index (χ1n) is 6.70. The van der Waals surface area contributed by atoms with Crippen molar-refractivity contribution in [2.24, 2.45) is 5.92 Å². The maximum atomic E-state index is 12.2. The lowest BCUT2D eigenvalue weighted by Crippen LogP contribution is -2.36. The van der Waals surface area contributed by atoms with Gasteiger partial charge in [0, 0.05) is 24.7 Å². The molecule has 0 heterocycles. The molecule has 1 aromatic carbocycles. The van der Waals surface area contributed by atoms with Gasteiger partial charge in [-0.3, -0.25) is 4.79 Å². The number of hydrogen-bond donors (Lipinski definition) is 1. The van der Waals surface area contributed by atoms with E-state index >= 15 is 0 Å². The summed E-state index contributed by atoms with van der Waals surface area (Å²) in [5.74, 6) is 0.925. The van der Waals surface area contributed by atoms with Crippen molar-refractivity contribution in [1.29, 1.82) is 0 Å². The summed E-state index contributed by atoms with van der Waals surface area (Å²) in [5, 5.41) is 0. The van der Waals surface area contributed by atoms with E-state index in [1.54, 1.807) is 0 Å². The highest BCUT2D eigenvalue weighted by Gasteiger charge is 2.27. The Balaban J connectivity index is 2.00. The maximum absolute atomic E-state index is 12.2. The lowest BCUT2D eigenvalue weighted by Gasteiger charge is -2.27. The predicted octanol–water partition coefficient (Wildman–Crippen LogP) is 2.81. The Morgan fingerprint density at radius 2 is 1.94 bits per heavy atom. The summed E-state index contributed by atoms with van der Waals surface area (Å²) in [6, 6.07) is 8.01. The number of rotatable bonds is 5. The highest BCUT2D eigenvalue weighted by Crippen LogP contribution is 2.33. The summed E-state index contributed by atoms with van der Waals surface area (Å²) in [5.41, 5.74) is 7.57. The summed E-state index contributed by atoms with van der Waals surface area (Å²) in [6.07, 6.45) is 3.16. The van der Waals surface area contributed by atoms with Crippen LogP contribution < -0.4 is 5.73 Å². The summed E-state index contributed by atoms with van der Waals surface area (Å²) in [6.45, 7) is 4.83. The molecule has 0 saturated heterocycles. The van der Waals surface area contributed by atoms with Crippen molar-refractivity contribution < 1.29 is 4.79 Å². The zero-order valence-electron chi connectivity index (χ0n) is 11.2. The fourth-order valence-corrected chi connectivity index (χ4v) is 2.06. The van der Waals surface area contributed by atoms with E-state index in [1.807, 2.05) is 29.2 Å². The van der Waals surface area contributed by atoms with Crippen LogP contribution in [0.25, 0.3) is 0 Å². The molecule has 0 radical (unpaired) electrons. The fourth-order valence-electron chi connectivity index (χ4n) is 2.06. The lowest BCUT2D eigenvalue weighted by molar-refractivity contribution is -0.133. The van der Waals surface area contributed by atoms with Crippen LogP contribution in [0.1, 0.15) is 38.7 Å². The van der Waals surface area contributed by atoms with E-state index in [0.29, 0.717) is 18.9 Å². The van der Waals surface area contributed by atoms with Gasteiger partial charge in [0.15, 0.2) is 0 Å². The molecule has 3 heteroatoms. The topological polar surface area (TPSA) is 46.3 Å². The second kappa shape index (κ2) is 5.42. The average Bonchev–Trinajstić information content (AvgIpc) is 3.11. The summed E-state index contributed by atoms with van der Waals surface area (Å²) in [7, 11) is 0. The van der Waals surface area contributed by atoms with Gasteiger partial charge in [-0.25, -0.2) is 0 Å². The van der Waals surface area contributed by atoms with Crippen molar-refractivity contribution in [2.45, 2.75) is 45.7 Å². The normalized spacial score (nSPS) is 14.8. The third kappa shape index (κ3) is 3.49. The van der Waals surface area contributed by atoms with Crippen LogP contribution in [0.15, 0.2) is 24.3 Å². The molecule has 98 valence electrons. The Hall–Kier alpha value is -1.51. The molecule has 0 spiro atoms. The molecule has 1 fully saturated rings. The van der Waals surface area contributed by atoms with Crippen molar-refractivity contribution in [2.75, 3.05) is 5.73 Å². The molecule has 0 aliphatic heterocycles. The SMILES string of the molecule is CC(C)N(Cc1ccc(N)cc1)C(=O)CC1CC1. The third-order valence-electron chi connectivity index (χ3n) is 3.44. The van der Waals surface area contributed by atoms with Crippen molar-refractivity contribution in [3.63, 3.8) is 0 Å². The van der Waals surface area contributed by atoms with E-state index in [1.165, 1.54) is 12.8 Å². The van der Waals surface area contributed by atoms with Gasteiger partial charge in [-0.15, -0.1) is 0 Å². The second-order valence-electron chi connectivity index (χ2n) is 5.50. The molecular formula is C15H22N2O. The third-order valence-corrected chi connectivity index (χ3v) is 3.44. The smallest absolute Gasteiger partial charge is 0.223 e. The van der Waals surface area contributed by atoms with Crippen LogP contribution in [0.4, 0.5) is 5.69 Å². The molecule has 1 aliphatic carbocycles. The van der Waals surface area contributed by atoms with E-state index in [9.17, 15) is 4.79 Å². The second-order valence-corrected chi connectivity index (χ2v) is 5.50. The van der Waals surface area contributed by atoms with Gasteiger partial charge in [0.2, 0.25) is 5.91 Å². The van der Waals surface area contributed by atoms with Crippen molar-refractivity contribution in [3.05, 3.63) is 29.8 Å². The zero-order chi connectivity index (χ0) is 13.1. The fraction of sp³-hybridized carbons (Fsp3) is 0.533. The number of anilines is 1. The molecule has 1 aromatic rings. The summed E-state index contributed by atoms with van der Waals surface area (Å²) >= 11 is 0. The van der Waals surface area contributed by atoms with E-state index in [4.69, 9.17) is 5.73 Å². The van der Waals surface area contributed by atoms with Crippen LogP contribution in [0.2, 0.25) is 0 Å². The van der Waals surface area contributed by atoms with Crippen LogP contribution >= 0.6 is 0 Å². The quantitative estimate of drug-likeness (QED) is 0.812.